The van der Waals surface area contributed by atoms with Gasteiger partial charge in [0.1, 0.15) is 0 Å². The van der Waals surface area contributed by atoms with Crippen molar-refractivity contribution in [2.75, 3.05) is 0 Å². The molecule has 79 valence electrons. The van der Waals surface area contributed by atoms with Gasteiger partial charge in [0.15, 0.2) is 0 Å². The van der Waals surface area contributed by atoms with Crippen LogP contribution in [0.4, 0.5) is 39.5 Å². The quantitative estimate of drug-likeness (QED) is 0.540. The van der Waals surface area contributed by atoms with Crippen LogP contribution in [-0.2, 0) is 0 Å². The second-order valence-electron chi connectivity index (χ2n) is 1.29. The van der Waals surface area contributed by atoms with Crippen LogP contribution < -0.4 is 0 Å². The minimum Gasteiger partial charge on any atom is -0.196 e. The van der Waals surface area contributed by atoms with E-state index in [1.54, 1.807) is 0 Å². The van der Waals surface area contributed by atoms with Gasteiger partial charge in [-0.3, -0.25) is 0 Å². The summed E-state index contributed by atoms with van der Waals surface area (Å²) in [5.41, 5.74) is 0. The zero-order valence-corrected chi connectivity index (χ0v) is 5.40. The predicted molar refractivity (Wildman–Crippen MR) is 23.0 cm³/mol. The molecule has 0 atom stereocenters. The molecule has 0 unspecified atom stereocenters. The average Bonchev–Trinajstić information content (AvgIpc) is 1.82. The first kappa shape index (κ1) is 14.6. The van der Waals surface area contributed by atoms with Gasteiger partial charge in [0.05, 0.1) is 0 Å². The lowest BCUT2D eigenvalue weighted by atomic mass is 10.6. The predicted octanol–water partition coefficient (Wildman–Crippen LogP) is 3.97. The van der Waals surface area contributed by atoms with Crippen LogP contribution in [0, 0.1) is 6.68 Å². The minimum atomic E-state index is -5.56. The summed E-state index contributed by atoms with van der Waals surface area (Å²) >= 11 is 0. The highest BCUT2D eigenvalue weighted by Gasteiger charge is 2.38. The van der Waals surface area contributed by atoms with Gasteiger partial charge in [0.25, 0.3) is 5.83 Å². The lowest BCUT2D eigenvalue weighted by molar-refractivity contribution is -0.113. The van der Waals surface area contributed by atoms with Crippen LogP contribution in [0.2, 0.25) is 0 Å². The summed E-state index contributed by atoms with van der Waals surface area (Å²) in [6.07, 6.45) is -8.90. The van der Waals surface area contributed by atoms with E-state index in [4.69, 9.17) is 0 Å². The largest absolute Gasteiger partial charge is 0.487 e. The Morgan fingerprint density at radius 3 is 0.923 bits per heavy atom. The highest BCUT2D eigenvalue weighted by atomic mass is 19.4. The third-order valence-corrected chi connectivity index (χ3v) is 0.415. The Labute approximate surface area is 65.6 Å². The fraction of sp³-hybridized carbons (Fsp3) is 0.250. The smallest absolute Gasteiger partial charge is 0.196 e. The maximum absolute atomic E-state index is 11.0. The fourth-order valence-corrected chi connectivity index (χ4v) is 0.107. The van der Waals surface area contributed by atoms with E-state index in [1.807, 2.05) is 0 Å². The van der Waals surface area contributed by atoms with Crippen molar-refractivity contribution in [2.45, 2.75) is 6.18 Å². The van der Waals surface area contributed by atoms with Crippen molar-refractivity contribution in [2.24, 2.45) is 0 Å². The molecule has 9 heteroatoms. The van der Waals surface area contributed by atoms with E-state index >= 15 is 0 Å². The number of rotatable bonds is 0. The maximum atomic E-state index is 11.0. The Kier molecular flexibility index (Phi) is 6.42. The average molecular weight is 219 g/mol. The van der Waals surface area contributed by atoms with E-state index in [1.165, 1.54) is 0 Å². The summed E-state index contributed by atoms with van der Waals surface area (Å²) in [6, 6.07) is 0. The fourth-order valence-electron chi connectivity index (χ4n) is 0.107. The van der Waals surface area contributed by atoms with Gasteiger partial charge in [-0.15, -0.1) is 0 Å². The van der Waals surface area contributed by atoms with Crippen LogP contribution in [0.1, 0.15) is 0 Å². The molecular formula is C4F9. The molecule has 0 saturated heterocycles. The van der Waals surface area contributed by atoms with Crippen LogP contribution >= 0.6 is 0 Å². The van der Waals surface area contributed by atoms with Crippen molar-refractivity contribution in [1.82, 2.24) is 0 Å². The molecule has 1 radical (unpaired) electrons. The van der Waals surface area contributed by atoms with Gasteiger partial charge in [0.2, 0.25) is 0 Å². The SMILES string of the molecule is FC(F)=C(F)C(F)(F)F.F[C](F)F. The molecule has 0 aromatic heterocycles. The van der Waals surface area contributed by atoms with Crippen LogP contribution in [0.5, 0.6) is 0 Å². The summed E-state index contributed by atoms with van der Waals surface area (Å²) in [6.45, 7) is -3.08. The molecule has 0 nitrogen and oxygen atoms in total. The topological polar surface area (TPSA) is 0 Å². The molecule has 0 fully saturated rings. The van der Waals surface area contributed by atoms with Gasteiger partial charge >= 0.3 is 18.9 Å². The van der Waals surface area contributed by atoms with Gasteiger partial charge < -0.3 is 0 Å². The molecule has 0 aromatic carbocycles. The Morgan fingerprint density at radius 2 is 0.923 bits per heavy atom. The molecule has 0 saturated carbocycles. The zero-order chi connectivity index (χ0) is 11.2. The summed E-state index contributed by atoms with van der Waals surface area (Å²) in [5.74, 6) is -3.33. The molecule has 0 aliphatic heterocycles. The van der Waals surface area contributed by atoms with Gasteiger partial charge in [-0.1, -0.05) is 0 Å². The first-order valence-corrected chi connectivity index (χ1v) is 2.20. The Hall–Kier alpha value is -0.890. The normalized spacial score (nSPS) is 10.6. The van der Waals surface area contributed by atoms with Crippen LogP contribution in [0.3, 0.4) is 0 Å². The third-order valence-electron chi connectivity index (χ3n) is 0.415. The lowest BCUT2D eigenvalue weighted by Crippen LogP contribution is -2.08. The number of alkyl halides is 3. The molecule has 0 spiro atoms. The number of hydrogen-bond donors (Lipinski definition) is 0. The second kappa shape index (κ2) is 5.70. The Balaban J connectivity index is 0. The van der Waals surface area contributed by atoms with Gasteiger partial charge in [0, 0.05) is 0 Å². The number of allylic oxidation sites excluding steroid dienone is 1. The Bertz CT molecular complexity index is 158. The summed E-state index contributed by atoms with van der Waals surface area (Å²) in [7, 11) is 0. The van der Waals surface area contributed by atoms with E-state index in [2.05, 4.69) is 0 Å². The second-order valence-corrected chi connectivity index (χ2v) is 1.29. The van der Waals surface area contributed by atoms with Crippen molar-refractivity contribution in [3.8, 4) is 0 Å². The molecule has 0 N–H and O–H groups in total. The summed E-state index contributed by atoms with van der Waals surface area (Å²) in [4.78, 5) is 0. The van der Waals surface area contributed by atoms with E-state index < -0.39 is 24.8 Å². The summed E-state index contributed by atoms with van der Waals surface area (Å²) in [5, 5.41) is 0. The zero-order valence-electron chi connectivity index (χ0n) is 5.40. The standard InChI is InChI=1S/C3F6.CF3/c4-1(2(5)6)3(7,8)9;2-1(3)4. The molecule has 0 heterocycles. The van der Waals surface area contributed by atoms with Gasteiger partial charge in [-0.2, -0.15) is 39.5 Å². The first-order valence-electron chi connectivity index (χ1n) is 2.20. The molecular weight excluding hydrogens is 219 g/mol. The third kappa shape index (κ3) is 11.1. The van der Waals surface area contributed by atoms with E-state index in [-0.39, 0.29) is 0 Å². The van der Waals surface area contributed by atoms with Crippen molar-refractivity contribution in [1.29, 1.82) is 0 Å². The van der Waals surface area contributed by atoms with Crippen molar-refractivity contribution < 1.29 is 39.5 Å². The van der Waals surface area contributed by atoms with Crippen LogP contribution in [0.15, 0.2) is 11.9 Å². The molecule has 0 rings (SSSR count). The highest BCUT2D eigenvalue weighted by molar-refractivity contribution is 4.98. The molecule has 0 bridgehead atoms. The number of halogens is 9. The van der Waals surface area contributed by atoms with E-state index in [0.717, 1.165) is 0 Å². The highest BCUT2D eigenvalue weighted by Crippen LogP contribution is 2.29. The van der Waals surface area contributed by atoms with E-state index in [9.17, 15) is 39.5 Å². The van der Waals surface area contributed by atoms with Crippen molar-refractivity contribution in [3.63, 3.8) is 0 Å². The maximum Gasteiger partial charge on any atom is 0.487 e. The van der Waals surface area contributed by atoms with Crippen LogP contribution in [-0.4, -0.2) is 6.18 Å². The molecule has 0 amide bonds. The van der Waals surface area contributed by atoms with Gasteiger partial charge in [-0.25, -0.2) is 0 Å². The first-order chi connectivity index (χ1) is 5.59. The van der Waals surface area contributed by atoms with E-state index in [0.29, 0.717) is 0 Å². The summed E-state index contributed by atoms with van der Waals surface area (Å²) < 4.78 is 93.6. The van der Waals surface area contributed by atoms with Crippen molar-refractivity contribution in [3.05, 3.63) is 18.6 Å². The minimum absolute atomic E-state index is 3.08. The van der Waals surface area contributed by atoms with Crippen LogP contribution in [0.25, 0.3) is 0 Å². The molecule has 13 heavy (non-hydrogen) atoms. The molecule has 0 aliphatic rings. The Morgan fingerprint density at radius 1 is 0.692 bits per heavy atom. The number of hydrogen-bond acceptors (Lipinski definition) is 0. The molecule has 0 aliphatic carbocycles. The van der Waals surface area contributed by atoms with Crippen molar-refractivity contribution >= 4 is 0 Å². The molecule has 0 aromatic rings. The van der Waals surface area contributed by atoms with Gasteiger partial charge in [-0.05, 0) is 0 Å². The lowest BCUT2D eigenvalue weighted by Gasteiger charge is -1.98. The monoisotopic (exact) mass is 219 g/mol.